The first-order valence-electron chi connectivity index (χ1n) is 8.30. The smallest absolute Gasteiger partial charge is 0.315 e. The van der Waals surface area contributed by atoms with Gasteiger partial charge in [-0.15, -0.1) is 0 Å². The van der Waals surface area contributed by atoms with Crippen LogP contribution in [0.3, 0.4) is 0 Å². The summed E-state index contributed by atoms with van der Waals surface area (Å²) in [6, 6.07) is 9.19. The monoisotopic (exact) mass is 359 g/mol. The minimum atomic E-state index is -0.631. The van der Waals surface area contributed by atoms with E-state index in [9.17, 15) is 18.4 Å². The highest BCUT2D eigenvalue weighted by Gasteiger charge is 2.33. The van der Waals surface area contributed by atoms with Gasteiger partial charge in [-0.05, 0) is 54.8 Å². The molecule has 1 heterocycles. The predicted octanol–water partition coefficient (Wildman–Crippen LogP) is 2.88. The molecule has 2 aromatic carbocycles. The van der Waals surface area contributed by atoms with Crippen LogP contribution in [0.5, 0.6) is 0 Å². The number of benzene rings is 2. The molecule has 1 saturated heterocycles. The van der Waals surface area contributed by atoms with Crippen LogP contribution in [0.15, 0.2) is 42.5 Å². The van der Waals surface area contributed by atoms with Gasteiger partial charge in [0.05, 0.1) is 0 Å². The maximum absolute atomic E-state index is 13.4. The van der Waals surface area contributed by atoms with E-state index in [0.29, 0.717) is 24.2 Å². The van der Waals surface area contributed by atoms with E-state index in [1.54, 1.807) is 31.2 Å². The van der Waals surface area contributed by atoms with Crippen molar-refractivity contribution in [2.24, 2.45) is 0 Å². The number of hydrogen-bond donors (Lipinski definition) is 2. The van der Waals surface area contributed by atoms with Gasteiger partial charge in [0.2, 0.25) is 5.91 Å². The lowest BCUT2D eigenvalue weighted by Crippen LogP contribution is -2.45. The number of rotatable bonds is 4. The van der Waals surface area contributed by atoms with Crippen LogP contribution < -0.4 is 15.5 Å². The van der Waals surface area contributed by atoms with Gasteiger partial charge in [-0.1, -0.05) is 12.1 Å². The van der Waals surface area contributed by atoms with Crippen molar-refractivity contribution in [3.8, 4) is 0 Å². The van der Waals surface area contributed by atoms with Crippen LogP contribution in [0.4, 0.5) is 19.3 Å². The summed E-state index contributed by atoms with van der Waals surface area (Å²) in [6.45, 7) is 2.32. The van der Waals surface area contributed by atoms with Crippen LogP contribution in [0.25, 0.3) is 0 Å². The van der Waals surface area contributed by atoms with Crippen LogP contribution in [0.2, 0.25) is 0 Å². The zero-order valence-corrected chi connectivity index (χ0v) is 14.3. The molecule has 0 bridgehead atoms. The zero-order valence-electron chi connectivity index (χ0n) is 14.3. The Kier molecular flexibility index (Phi) is 5.16. The van der Waals surface area contributed by atoms with Crippen LogP contribution in [-0.2, 0) is 11.3 Å². The highest BCUT2D eigenvalue weighted by molar-refractivity contribution is 6.01. The Morgan fingerprint density at radius 2 is 1.92 bits per heavy atom. The van der Waals surface area contributed by atoms with Crippen molar-refractivity contribution in [2.75, 3.05) is 11.4 Å². The molecule has 2 aromatic rings. The number of nitrogens with one attached hydrogen (secondary N) is 2. The summed E-state index contributed by atoms with van der Waals surface area (Å²) in [5.74, 6) is -0.894. The van der Waals surface area contributed by atoms with Gasteiger partial charge in [0.1, 0.15) is 17.7 Å². The molecule has 2 N–H and O–H groups in total. The third-order valence-electron chi connectivity index (χ3n) is 4.33. The van der Waals surface area contributed by atoms with E-state index >= 15 is 0 Å². The second kappa shape index (κ2) is 7.51. The molecule has 5 nitrogen and oxygen atoms in total. The summed E-state index contributed by atoms with van der Waals surface area (Å²) in [4.78, 5) is 26.0. The molecule has 0 aliphatic carbocycles. The molecule has 0 radical (unpaired) electrons. The number of carbonyl (C=O) groups is 2. The molecule has 7 heteroatoms. The number of nitrogens with zero attached hydrogens (tertiary/aromatic N) is 1. The molecule has 0 unspecified atom stereocenters. The number of amides is 3. The molecule has 0 spiro atoms. The Hall–Kier alpha value is -2.96. The van der Waals surface area contributed by atoms with Crippen molar-refractivity contribution in [3.05, 3.63) is 65.2 Å². The van der Waals surface area contributed by atoms with Crippen molar-refractivity contribution >= 4 is 17.6 Å². The largest absolute Gasteiger partial charge is 0.334 e. The average Bonchev–Trinajstić information content (AvgIpc) is 2.97. The fourth-order valence-electron chi connectivity index (χ4n) is 2.86. The zero-order chi connectivity index (χ0) is 18.7. The Balaban J connectivity index is 1.55. The third kappa shape index (κ3) is 3.99. The van der Waals surface area contributed by atoms with Crippen LogP contribution >= 0.6 is 0 Å². The Morgan fingerprint density at radius 3 is 2.62 bits per heavy atom. The summed E-state index contributed by atoms with van der Waals surface area (Å²) in [5, 5.41) is 5.29. The number of halogens is 2. The predicted molar refractivity (Wildman–Crippen MR) is 93.7 cm³/mol. The first-order chi connectivity index (χ1) is 12.4. The summed E-state index contributed by atoms with van der Waals surface area (Å²) in [5.41, 5.74) is 1.83. The van der Waals surface area contributed by atoms with Crippen molar-refractivity contribution in [2.45, 2.75) is 25.9 Å². The molecule has 3 rings (SSSR count). The van der Waals surface area contributed by atoms with Gasteiger partial charge in [0, 0.05) is 18.8 Å². The normalized spacial score (nSPS) is 16.7. The lowest BCUT2D eigenvalue weighted by molar-refractivity contribution is -0.118. The maximum atomic E-state index is 13.4. The van der Waals surface area contributed by atoms with E-state index in [1.807, 2.05) is 0 Å². The number of anilines is 1. The molecular weight excluding hydrogens is 340 g/mol. The molecule has 1 fully saturated rings. The number of carbonyl (C=O) groups excluding carboxylic acids is 2. The van der Waals surface area contributed by atoms with E-state index in [2.05, 4.69) is 10.6 Å². The van der Waals surface area contributed by atoms with Crippen molar-refractivity contribution in [1.29, 1.82) is 0 Å². The van der Waals surface area contributed by atoms with Crippen molar-refractivity contribution in [1.82, 2.24) is 10.6 Å². The first kappa shape index (κ1) is 17.8. The minimum Gasteiger partial charge on any atom is -0.334 e. The van der Waals surface area contributed by atoms with Gasteiger partial charge in [-0.3, -0.25) is 4.79 Å². The molecule has 1 atom stereocenters. The van der Waals surface area contributed by atoms with Gasteiger partial charge in [0.25, 0.3) is 0 Å². The highest BCUT2D eigenvalue weighted by atomic mass is 19.1. The molecule has 136 valence electrons. The van der Waals surface area contributed by atoms with Crippen LogP contribution in [0, 0.1) is 18.6 Å². The Morgan fingerprint density at radius 1 is 1.19 bits per heavy atom. The van der Waals surface area contributed by atoms with Crippen LogP contribution in [0.1, 0.15) is 17.5 Å². The molecule has 0 saturated carbocycles. The summed E-state index contributed by atoms with van der Waals surface area (Å²) in [6.07, 6.45) is 0.471. The molecule has 26 heavy (non-hydrogen) atoms. The highest BCUT2D eigenvalue weighted by Crippen LogP contribution is 2.23. The third-order valence-corrected chi connectivity index (χ3v) is 4.33. The maximum Gasteiger partial charge on any atom is 0.315 e. The molecule has 0 aromatic heterocycles. The number of aryl methyl sites for hydroxylation is 1. The second-order valence-electron chi connectivity index (χ2n) is 6.22. The lowest BCUT2D eigenvalue weighted by atomic mass is 10.2. The molecular formula is C19H19F2N3O2. The average molecular weight is 359 g/mol. The molecule has 3 amide bonds. The summed E-state index contributed by atoms with van der Waals surface area (Å²) < 4.78 is 26.2. The first-order valence-corrected chi connectivity index (χ1v) is 8.30. The van der Waals surface area contributed by atoms with Crippen molar-refractivity contribution in [3.63, 3.8) is 0 Å². The Labute approximate surface area is 150 Å². The minimum absolute atomic E-state index is 0.229. The summed E-state index contributed by atoms with van der Waals surface area (Å²) >= 11 is 0. The van der Waals surface area contributed by atoms with E-state index < -0.39 is 12.1 Å². The lowest BCUT2D eigenvalue weighted by Gasteiger charge is -2.18. The standard InChI is InChI=1S/C19H19F2N3O2/c1-12-10-15(6-7-16(12)21)24-9-8-17(18(24)25)23-19(26)22-11-13-2-4-14(20)5-3-13/h2-7,10,17H,8-9,11H2,1H3,(H2,22,23,26)/t17-/m0/s1. The Bertz CT molecular complexity index is 824. The number of hydrogen-bond acceptors (Lipinski definition) is 2. The molecule has 1 aliphatic heterocycles. The van der Waals surface area contributed by atoms with E-state index in [4.69, 9.17) is 0 Å². The SMILES string of the molecule is Cc1cc(N2CC[C@H](NC(=O)NCc3ccc(F)cc3)C2=O)ccc1F. The topological polar surface area (TPSA) is 61.4 Å². The fourth-order valence-corrected chi connectivity index (χ4v) is 2.86. The van der Waals surface area contributed by atoms with Gasteiger partial charge in [-0.2, -0.15) is 0 Å². The fraction of sp³-hybridized carbons (Fsp3) is 0.263. The van der Waals surface area contributed by atoms with Crippen LogP contribution in [-0.4, -0.2) is 24.5 Å². The van der Waals surface area contributed by atoms with E-state index in [1.165, 1.54) is 23.1 Å². The van der Waals surface area contributed by atoms with Gasteiger partial charge in [-0.25, -0.2) is 13.6 Å². The van der Waals surface area contributed by atoms with E-state index in [0.717, 1.165) is 5.56 Å². The van der Waals surface area contributed by atoms with Gasteiger partial charge >= 0.3 is 6.03 Å². The van der Waals surface area contributed by atoms with Gasteiger partial charge < -0.3 is 15.5 Å². The quantitative estimate of drug-likeness (QED) is 0.882. The van der Waals surface area contributed by atoms with Crippen molar-refractivity contribution < 1.29 is 18.4 Å². The van der Waals surface area contributed by atoms with E-state index in [-0.39, 0.29) is 24.1 Å². The number of urea groups is 1. The second-order valence-corrected chi connectivity index (χ2v) is 6.22. The molecule has 1 aliphatic rings. The van der Waals surface area contributed by atoms with Gasteiger partial charge in [0.15, 0.2) is 0 Å². The summed E-state index contributed by atoms with van der Waals surface area (Å²) in [7, 11) is 0.